The second kappa shape index (κ2) is 4.30. The number of benzene rings is 1. The van der Waals surface area contributed by atoms with Gasteiger partial charge in [-0.05, 0) is 25.5 Å². The van der Waals surface area contributed by atoms with Crippen LogP contribution >= 0.6 is 12.4 Å². The highest BCUT2D eigenvalue weighted by Crippen LogP contribution is 2.27. The molecule has 0 spiro atoms. The van der Waals surface area contributed by atoms with Crippen molar-refractivity contribution in [1.82, 2.24) is 5.32 Å². The third kappa shape index (κ3) is 2.08. The largest absolute Gasteiger partial charge is 0.384 e. The van der Waals surface area contributed by atoms with Crippen LogP contribution in [0, 0.1) is 6.92 Å². The molecule has 1 unspecified atom stereocenters. The topological polar surface area (TPSA) is 32.3 Å². The minimum absolute atomic E-state index is 0. The maximum atomic E-state index is 10.2. The van der Waals surface area contributed by atoms with E-state index in [4.69, 9.17) is 0 Å². The molecule has 1 aromatic carbocycles. The Labute approximate surface area is 90.7 Å². The van der Waals surface area contributed by atoms with Crippen molar-refractivity contribution < 1.29 is 5.11 Å². The number of hydrogen-bond acceptors (Lipinski definition) is 2. The van der Waals surface area contributed by atoms with E-state index in [2.05, 4.69) is 24.4 Å². The SMILES string of the molecule is Cc1cccc(C2(O)CCNC2)c1.Cl. The summed E-state index contributed by atoms with van der Waals surface area (Å²) in [7, 11) is 0. The second-order valence-electron chi connectivity index (χ2n) is 3.83. The Morgan fingerprint density at radius 2 is 2.21 bits per heavy atom. The zero-order chi connectivity index (χ0) is 9.31. The summed E-state index contributed by atoms with van der Waals surface area (Å²) in [5, 5.41) is 13.4. The summed E-state index contributed by atoms with van der Waals surface area (Å²) in [4.78, 5) is 0. The molecule has 14 heavy (non-hydrogen) atoms. The van der Waals surface area contributed by atoms with Gasteiger partial charge in [-0.1, -0.05) is 29.8 Å². The van der Waals surface area contributed by atoms with E-state index in [9.17, 15) is 5.11 Å². The van der Waals surface area contributed by atoms with Crippen molar-refractivity contribution in [2.45, 2.75) is 18.9 Å². The summed E-state index contributed by atoms with van der Waals surface area (Å²) in [6, 6.07) is 8.11. The maximum Gasteiger partial charge on any atom is 0.103 e. The number of nitrogens with one attached hydrogen (secondary N) is 1. The molecule has 2 nitrogen and oxygen atoms in total. The van der Waals surface area contributed by atoms with E-state index in [0.29, 0.717) is 6.54 Å². The van der Waals surface area contributed by atoms with Crippen molar-refractivity contribution in [1.29, 1.82) is 0 Å². The van der Waals surface area contributed by atoms with Crippen LogP contribution in [0.15, 0.2) is 24.3 Å². The maximum absolute atomic E-state index is 10.2. The first-order valence-electron chi connectivity index (χ1n) is 4.71. The van der Waals surface area contributed by atoms with Gasteiger partial charge in [0, 0.05) is 6.54 Å². The lowest BCUT2D eigenvalue weighted by Crippen LogP contribution is -2.28. The Hall–Kier alpha value is -0.570. The molecule has 2 N–H and O–H groups in total. The van der Waals surface area contributed by atoms with Crippen molar-refractivity contribution in [3.05, 3.63) is 35.4 Å². The average molecular weight is 214 g/mol. The molecule has 0 aliphatic carbocycles. The molecule has 1 aliphatic heterocycles. The molecule has 0 saturated carbocycles. The van der Waals surface area contributed by atoms with Gasteiger partial charge in [0.05, 0.1) is 0 Å². The van der Waals surface area contributed by atoms with Gasteiger partial charge < -0.3 is 10.4 Å². The Balaban J connectivity index is 0.000000980. The summed E-state index contributed by atoms with van der Waals surface area (Å²) < 4.78 is 0. The standard InChI is InChI=1S/C11H15NO.ClH/c1-9-3-2-4-10(7-9)11(13)5-6-12-8-11;/h2-4,7,12-13H,5-6,8H2,1H3;1H. The van der Waals surface area contributed by atoms with Crippen molar-refractivity contribution >= 4 is 12.4 Å². The summed E-state index contributed by atoms with van der Waals surface area (Å²) in [5.41, 5.74) is 1.61. The highest BCUT2D eigenvalue weighted by Gasteiger charge is 2.32. The van der Waals surface area contributed by atoms with E-state index >= 15 is 0 Å². The molecule has 0 radical (unpaired) electrons. The normalized spacial score (nSPS) is 25.9. The number of halogens is 1. The minimum Gasteiger partial charge on any atom is -0.384 e. The number of aryl methyl sites for hydroxylation is 1. The van der Waals surface area contributed by atoms with Crippen LogP contribution in [0.4, 0.5) is 0 Å². The average Bonchev–Trinajstić information content (AvgIpc) is 2.54. The first-order valence-corrected chi connectivity index (χ1v) is 4.71. The Morgan fingerprint density at radius 3 is 2.79 bits per heavy atom. The lowest BCUT2D eigenvalue weighted by Gasteiger charge is -2.22. The number of β-amino-alcohol motifs (C(OH)–C–C–N with tert-alkyl or cyclic N) is 1. The van der Waals surface area contributed by atoms with Crippen molar-refractivity contribution in [3.63, 3.8) is 0 Å². The summed E-state index contributed by atoms with van der Waals surface area (Å²) in [5.74, 6) is 0. The molecule has 1 fully saturated rings. The van der Waals surface area contributed by atoms with Gasteiger partial charge in [0.25, 0.3) is 0 Å². The van der Waals surface area contributed by atoms with Crippen LogP contribution in [0.1, 0.15) is 17.5 Å². The fraction of sp³-hybridized carbons (Fsp3) is 0.455. The lowest BCUT2D eigenvalue weighted by molar-refractivity contribution is 0.0587. The molecule has 1 aromatic rings. The van der Waals surface area contributed by atoms with Crippen LogP contribution in [0.5, 0.6) is 0 Å². The third-order valence-electron chi connectivity index (χ3n) is 2.69. The molecule has 0 aromatic heterocycles. The van der Waals surface area contributed by atoms with Gasteiger partial charge in [0.1, 0.15) is 5.60 Å². The van der Waals surface area contributed by atoms with Gasteiger partial charge in [-0.3, -0.25) is 0 Å². The first-order chi connectivity index (χ1) is 6.21. The van der Waals surface area contributed by atoms with Crippen molar-refractivity contribution in [2.75, 3.05) is 13.1 Å². The smallest absolute Gasteiger partial charge is 0.103 e. The van der Waals surface area contributed by atoms with E-state index in [-0.39, 0.29) is 12.4 Å². The van der Waals surface area contributed by atoms with Gasteiger partial charge in [-0.15, -0.1) is 12.4 Å². The molecule has 0 bridgehead atoms. The van der Waals surface area contributed by atoms with Gasteiger partial charge in [-0.2, -0.15) is 0 Å². The van der Waals surface area contributed by atoms with E-state index in [1.807, 2.05) is 12.1 Å². The van der Waals surface area contributed by atoms with E-state index in [1.54, 1.807) is 0 Å². The Bertz CT molecular complexity index is 308. The van der Waals surface area contributed by atoms with Crippen LogP contribution in [0.2, 0.25) is 0 Å². The molecule has 78 valence electrons. The number of aliphatic hydroxyl groups is 1. The van der Waals surface area contributed by atoms with Gasteiger partial charge in [0.15, 0.2) is 0 Å². The lowest BCUT2D eigenvalue weighted by atomic mass is 9.92. The van der Waals surface area contributed by atoms with Gasteiger partial charge >= 0.3 is 0 Å². The molecule has 3 heteroatoms. The predicted octanol–water partition coefficient (Wildman–Crippen LogP) is 1.60. The third-order valence-corrected chi connectivity index (χ3v) is 2.69. The molecule has 1 saturated heterocycles. The van der Waals surface area contributed by atoms with E-state index in [1.165, 1.54) is 5.56 Å². The van der Waals surface area contributed by atoms with Gasteiger partial charge in [-0.25, -0.2) is 0 Å². The Morgan fingerprint density at radius 1 is 1.43 bits per heavy atom. The number of rotatable bonds is 1. The molecular weight excluding hydrogens is 198 g/mol. The molecule has 1 heterocycles. The fourth-order valence-electron chi connectivity index (χ4n) is 1.86. The highest BCUT2D eigenvalue weighted by molar-refractivity contribution is 5.85. The molecule has 2 rings (SSSR count). The van der Waals surface area contributed by atoms with Crippen molar-refractivity contribution in [3.8, 4) is 0 Å². The monoisotopic (exact) mass is 213 g/mol. The fourth-order valence-corrected chi connectivity index (χ4v) is 1.86. The molecule has 1 atom stereocenters. The van der Waals surface area contributed by atoms with E-state index in [0.717, 1.165) is 18.5 Å². The van der Waals surface area contributed by atoms with E-state index < -0.39 is 5.60 Å². The van der Waals surface area contributed by atoms with Crippen molar-refractivity contribution in [2.24, 2.45) is 0 Å². The van der Waals surface area contributed by atoms with Crippen LogP contribution < -0.4 is 5.32 Å². The highest BCUT2D eigenvalue weighted by atomic mass is 35.5. The minimum atomic E-state index is -0.633. The molecular formula is C11H16ClNO. The van der Waals surface area contributed by atoms with Crippen LogP contribution in [0.25, 0.3) is 0 Å². The summed E-state index contributed by atoms with van der Waals surface area (Å²) >= 11 is 0. The Kier molecular flexibility index (Phi) is 3.53. The summed E-state index contributed by atoms with van der Waals surface area (Å²) in [6.07, 6.45) is 0.816. The second-order valence-corrected chi connectivity index (χ2v) is 3.83. The zero-order valence-electron chi connectivity index (χ0n) is 8.29. The van der Waals surface area contributed by atoms with Crippen LogP contribution in [0.3, 0.4) is 0 Å². The zero-order valence-corrected chi connectivity index (χ0v) is 9.10. The quantitative estimate of drug-likeness (QED) is 0.743. The molecule has 0 amide bonds. The number of hydrogen-bond donors (Lipinski definition) is 2. The molecule has 1 aliphatic rings. The predicted molar refractivity (Wildman–Crippen MR) is 59.8 cm³/mol. The van der Waals surface area contributed by atoms with Crippen LogP contribution in [-0.4, -0.2) is 18.2 Å². The van der Waals surface area contributed by atoms with Gasteiger partial charge in [0.2, 0.25) is 0 Å². The van der Waals surface area contributed by atoms with Crippen LogP contribution in [-0.2, 0) is 5.60 Å². The first kappa shape index (κ1) is 11.5. The summed E-state index contributed by atoms with van der Waals surface area (Å²) in [6.45, 7) is 3.64.